The molecule has 3 aromatic rings. The van der Waals surface area contributed by atoms with Crippen molar-refractivity contribution in [3.05, 3.63) is 66.7 Å². The summed E-state index contributed by atoms with van der Waals surface area (Å²) >= 11 is 0. The number of carbonyl (C=O) groups is 2. The Kier molecular flexibility index (Phi) is 4.50. The number of nitrogens with zero attached hydrogens (tertiary/aromatic N) is 1. The van der Waals surface area contributed by atoms with Crippen LogP contribution in [0.25, 0.3) is 10.8 Å². The molecule has 5 nitrogen and oxygen atoms in total. The van der Waals surface area contributed by atoms with Crippen molar-refractivity contribution in [3.63, 3.8) is 0 Å². The molecule has 1 atom stereocenters. The first-order chi connectivity index (χ1) is 13.1. The molecule has 0 aromatic heterocycles. The number of amides is 2. The van der Waals surface area contributed by atoms with E-state index >= 15 is 0 Å². The second-order valence-corrected chi connectivity index (χ2v) is 6.66. The maximum atomic E-state index is 12.7. The van der Waals surface area contributed by atoms with E-state index in [1.165, 1.54) is 0 Å². The van der Waals surface area contributed by atoms with E-state index in [9.17, 15) is 9.59 Å². The zero-order valence-electron chi connectivity index (χ0n) is 15.0. The lowest BCUT2D eigenvalue weighted by Crippen LogP contribution is -2.28. The molecule has 1 unspecified atom stereocenters. The summed E-state index contributed by atoms with van der Waals surface area (Å²) in [6, 6.07) is 21.1. The Balaban J connectivity index is 1.48. The number of carbonyl (C=O) groups excluding carboxylic acids is 2. The summed E-state index contributed by atoms with van der Waals surface area (Å²) < 4.78 is 5.22. The predicted octanol–water partition coefficient (Wildman–Crippen LogP) is 3.84. The van der Waals surface area contributed by atoms with E-state index in [4.69, 9.17) is 4.74 Å². The molecule has 1 saturated heterocycles. The molecule has 0 radical (unpaired) electrons. The van der Waals surface area contributed by atoms with Gasteiger partial charge in [-0.1, -0.05) is 36.4 Å². The highest BCUT2D eigenvalue weighted by molar-refractivity contribution is 6.04. The smallest absolute Gasteiger partial charge is 0.229 e. The molecule has 1 aliphatic rings. The Morgan fingerprint density at radius 3 is 2.67 bits per heavy atom. The van der Waals surface area contributed by atoms with Crippen molar-refractivity contribution < 1.29 is 14.3 Å². The van der Waals surface area contributed by atoms with E-state index in [2.05, 4.69) is 5.32 Å². The first-order valence-corrected chi connectivity index (χ1v) is 8.88. The molecule has 4 rings (SSSR count). The fourth-order valence-corrected chi connectivity index (χ4v) is 3.42. The number of fused-ring (bicyclic) bond motifs is 1. The number of rotatable bonds is 4. The number of hydrogen-bond donors (Lipinski definition) is 1. The van der Waals surface area contributed by atoms with Gasteiger partial charge in [-0.2, -0.15) is 0 Å². The molecule has 0 saturated carbocycles. The standard InChI is InChI=1S/C22H20N2O3/c1-27-20-8-4-7-19(13-20)24-14-17(12-21(24)25)22(26)23-18-10-9-15-5-2-3-6-16(15)11-18/h2-11,13,17H,12,14H2,1H3,(H,23,26). The van der Waals surface area contributed by atoms with Gasteiger partial charge in [0.2, 0.25) is 11.8 Å². The zero-order chi connectivity index (χ0) is 18.8. The molecular weight excluding hydrogens is 340 g/mol. The molecule has 27 heavy (non-hydrogen) atoms. The lowest BCUT2D eigenvalue weighted by molar-refractivity contribution is -0.122. The summed E-state index contributed by atoms with van der Waals surface area (Å²) in [5.74, 6) is 0.116. The van der Waals surface area contributed by atoms with Gasteiger partial charge < -0.3 is 15.0 Å². The van der Waals surface area contributed by atoms with Crippen LogP contribution in [0.2, 0.25) is 0 Å². The van der Waals surface area contributed by atoms with Crippen molar-refractivity contribution in [3.8, 4) is 5.75 Å². The maximum Gasteiger partial charge on any atom is 0.229 e. The summed E-state index contributed by atoms with van der Waals surface area (Å²) in [6.07, 6.45) is 0.205. The number of anilines is 2. The normalized spacial score (nSPS) is 16.6. The number of methoxy groups -OCH3 is 1. The van der Waals surface area contributed by atoms with Crippen LogP contribution in [0.4, 0.5) is 11.4 Å². The van der Waals surface area contributed by atoms with Crippen molar-refractivity contribution in [1.82, 2.24) is 0 Å². The van der Waals surface area contributed by atoms with Gasteiger partial charge in [-0.3, -0.25) is 9.59 Å². The van der Waals surface area contributed by atoms with Gasteiger partial charge in [0.05, 0.1) is 13.0 Å². The molecule has 0 spiro atoms. The van der Waals surface area contributed by atoms with Crippen LogP contribution in [0.15, 0.2) is 66.7 Å². The maximum absolute atomic E-state index is 12.7. The van der Waals surface area contributed by atoms with Gasteiger partial charge in [0.15, 0.2) is 0 Å². The summed E-state index contributed by atoms with van der Waals surface area (Å²) in [5, 5.41) is 5.14. The molecule has 136 valence electrons. The molecule has 1 fully saturated rings. The SMILES string of the molecule is COc1cccc(N2CC(C(=O)Nc3ccc4ccccc4c3)CC2=O)c1. The Morgan fingerprint density at radius 1 is 1.04 bits per heavy atom. The highest BCUT2D eigenvalue weighted by Crippen LogP contribution is 2.29. The molecule has 1 aliphatic heterocycles. The molecule has 0 aliphatic carbocycles. The van der Waals surface area contributed by atoms with Crippen molar-refractivity contribution in [2.24, 2.45) is 5.92 Å². The first-order valence-electron chi connectivity index (χ1n) is 8.88. The van der Waals surface area contributed by atoms with E-state index in [-0.39, 0.29) is 24.2 Å². The Morgan fingerprint density at radius 2 is 1.85 bits per heavy atom. The lowest BCUT2D eigenvalue weighted by atomic mass is 10.1. The number of nitrogens with one attached hydrogen (secondary N) is 1. The molecule has 5 heteroatoms. The second-order valence-electron chi connectivity index (χ2n) is 6.66. The van der Waals surface area contributed by atoms with E-state index in [1.54, 1.807) is 12.0 Å². The Hall–Kier alpha value is -3.34. The van der Waals surface area contributed by atoms with Gasteiger partial charge in [0.25, 0.3) is 0 Å². The van der Waals surface area contributed by atoms with Crippen LogP contribution in [0.1, 0.15) is 6.42 Å². The summed E-state index contributed by atoms with van der Waals surface area (Å²) in [4.78, 5) is 26.7. The van der Waals surface area contributed by atoms with Crippen molar-refractivity contribution in [2.45, 2.75) is 6.42 Å². The molecule has 3 aromatic carbocycles. The van der Waals surface area contributed by atoms with Gasteiger partial charge in [0, 0.05) is 30.4 Å². The van der Waals surface area contributed by atoms with Crippen molar-refractivity contribution >= 4 is 34.0 Å². The van der Waals surface area contributed by atoms with E-state index in [1.807, 2.05) is 66.7 Å². The van der Waals surface area contributed by atoms with Crippen molar-refractivity contribution in [2.75, 3.05) is 23.9 Å². The lowest BCUT2D eigenvalue weighted by Gasteiger charge is -2.17. The highest BCUT2D eigenvalue weighted by Gasteiger charge is 2.35. The molecule has 1 N–H and O–H groups in total. The van der Waals surface area contributed by atoms with Crippen LogP contribution >= 0.6 is 0 Å². The predicted molar refractivity (Wildman–Crippen MR) is 106 cm³/mol. The van der Waals surface area contributed by atoms with Crippen LogP contribution in [0, 0.1) is 5.92 Å². The van der Waals surface area contributed by atoms with Crippen LogP contribution in [-0.2, 0) is 9.59 Å². The van der Waals surface area contributed by atoms with Gasteiger partial charge >= 0.3 is 0 Å². The topological polar surface area (TPSA) is 58.6 Å². The van der Waals surface area contributed by atoms with E-state index < -0.39 is 0 Å². The average molecular weight is 360 g/mol. The van der Waals surface area contributed by atoms with Crippen molar-refractivity contribution in [1.29, 1.82) is 0 Å². The number of benzene rings is 3. The Labute approximate surface area is 157 Å². The minimum atomic E-state index is -0.379. The summed E-state index contributed by atoms with van der Waals surface area (Å²) in [7, 11) is 1.59. The number of hydrogen-bond acceptors (Lipinski definition) is 3. The molecule has 2 amide bonds. The highest BCUT2D eigenvalue weighted by atomic mass is 16.5. The quantitative estimate of drug-likeness (QED) is 0.769. The molecule has 0 bridgehead atoms. The van der Waals surface area contributed by atoms with Crippen LogP contribution in [0.3, 0.4) is 0 Å². The zero-order valence-corrected chi connectivity index (χ0v) is 15.0. The number of ether oxygens (including phenoxy) is 1. The minimum absolute atomic E-state index is 0.0538. The van der Waals surface area contributed by atoms with Gasteiger partial charge in [0.1, 0.15) is 5.75 Å². The largest absolute Gasteiger partial charge is 0.497 e. The van der Waals surface area contributed by atoms with Crippen LogP contribution in [0.5, 0.6) is 5.75 Å². The van der Waals surface area contributed by atoms with Crippen LogP contribution in [-0.4, -0.2) is 25.5 Å². The van der Waals surface area contributed by atoms with E-state index in [0.717, 1.165) is 22.1 Å². The van der Waals surface area contributed by atoms with Gasteiger partial charge in [-0.05, 0) is 35.0 Å². The first kappa shape index (κ1) is 17.1. The molecular formula is C22H20N2O3. The second kappa shape index (κ2) is 7.11. The van der Waals surface area contributed by atoms with Gasteiger partial charge in [-0.25, -0.2) is 0 Å². The third-order valence-corrected chi connectivity index (χ3v) is 4.88. The third kappa shape index (κ3) is 3.49. The van der Waals surface area contributed by atoms with Crippen LogP contribution < -0.4 is 15.0 Å². The fourth-order valence-electron chi connectivity index (χ4n) is 3.42. The average Bonchev–Trinajstić information content (AvgIpc) is 3.10. The third-order valence-electron chi connectivity index (χ3n) is 4.88. The minimum Gasteiger partial charge on any atom is -0.497 e. The monoisotopic (exact) mass is 360 g/mol. The van der Waals surface area contributed by atoms with E-state index in [0.29, 0.717) is 12.3 Å². The summed E-state index contributed by atoms with van der Waals surface area (Å²) in [6.45, 7) is 0.366. The molecule has 1 heterocycles. The van der Waals surface area contributed by atoms with Gasteiger partial charge in [-0.15, -0.1) is 0 Å². The Bertz CT molecular complexity index is 1020. The summed E-state index contributed by atoms with van der Waals surface area (Å²) in [5.41, 5.74) is 1.49. The fraction of sp³-hybridized carbons (Fsp3) is 0.182.